The zero-order chi connectivity index (χ0) is 20.3. The molecule has 7 nitrogen and oxygen atoms in total. The molecule has 1 aromatic carbocycles. The van der Waals surface area contributed by atoms with E-state index in [4.69, 9.17) is 4.74 Å². The summed E-state index contributed by atoms with van der Waals surface area (Å²) in [5.41, 5.74) is 2.44. The first-order valence-corrected chi connectivity index (χ1v) is 10.0. The van der Waals surface area contributed by atoms with E-state index in [9.17, 15) is 9.18 Å². The van der Waals surface area contributed by atoms with Gasteiger partial charge in [-0.15, -0.1) is 5.10 Å². The van der Waals surface area contributed by atoms with Crippen molar-refractivity contribution in [2.75, 3.05) is 26.5 Å². The maximum atomic E-state index is 13.6. The lowest BCUT2D eigenvalue weighted by molar-refractivity contribution is -0.129. The van der Waals surface area contributed by atoms with Crippen LogP contribution in [-0.2, 0) is 11.2 Å². The molecule has 2 heterocycles. The summed E-state index contributed by atoms with van der Waals surface area (Å²) in [6.07, 6.45) is 2.10. The van der Waals surface area contributed by atoms with Gasteiger partial charge in [-0.25, -0.2) is 13.9 Å². The Labute approximate surface area is 166 Å². The molecule has 0 atom stereocenters. The highest BCUT2D eigenvalue weighted by Crippen LogP contribution is 2.18. The Kier molecular flexibility index (Phi) is 6.13. The number of thioether (sulfide) groups is 1. The first kappa shape index (κ1) is 20.1. The number of halogens is 1. The maximum absolute atomic E-state index is 13.6. The van der Waals surface area contributed by atoms with Gasteiger partial charge in [-0.05, 0) is 32.2 Å². The summed E-state index contributed by atoms with van der Waals surface area (Å²) < 4.78 is 20.7. The van der Waals surface area contributed by atoms with Gasteiger partial charge in [0.1, 0.15) is 6.61 Å². The van der Waals surface area contributed by atoms with Crippen LogP contribution in [0.25, 0.3) is 5.78 Å². The van der Waals surface area contributed by atoms with Crippen molar-refractivity contribution in [2.45, 2.75) is 25.4 Å². The number of aromatic nitrogens is 4. The number of nitrogens with zero attached hydrogens (tertiary/aromatic N) is 5. The molecular weight excluding hydrogens is 381 g/mol. The monoisotopic (exact) mass is 403 g/mol. The predicted octanol–water partition coefficient (Wildman–Crippen LogP) is 2.68. The van der Waals surface area contributed by atoms with Crippen LogP contribution in [0.15, 0.2) is 29.4 Å². The topological polar surface area (TPSA) is 72.6 Å². The van der Waals surface area contributed by atoms with E-state index in [0.717, 1.165) is 17.0 Å². The van der Waals surface area contributed by atoms with Crippen molar-refractivity contribution >= 4 is 23.4 Å². The normalized spacial score (nSPS) is 11.0. The Hall–Kier alpha value is -2.68. The molecule has 3 rings (SSSR count). The van der Waals surface area contributed by atoms with Gasteiger partial charge in [-0.3, -0.25) is 4.79 Å². The third-order valence-corrected chi connectivity index (χ3v) is 5.02. The average molecular weight is 403 g/mol. The quantitative estimate of drug-likeness (QED) is 0.565. The number of aryl methyl sites for hydroxylation is 2. The van der Waals surface area contributed by atoms with Gasteiger partial charge >= 0.3 is 0 Å². The molecule has 148 valence electrons. The first-order valence-electron chi connectivity index (χ1n) is 8.79. The number of benzene rings is 1. The molecule has 0 bridgehead atoms. The number of para-hydroxylation sites is 1. The zero-order valence-corrected chi connectivity index (χ0v) is 17.1. The van der Waals surface area contributed by atoms with Gasteiger partial charge in [0.15, 0.2) is 11.6 Å². The molecule has 2 aromatic heterocycles. The maximum Gasteiger partial charge on any atom is 0.253 e. The van der Waals surface area contributed by atoms with Gasteiger partial charge in [-0.2, -0.15) is 4.98 Å². The molecule has 28 heavy (non-hydrogen) atoms. The highest BCUT2D eigenvalue weighted by atomic mass is 32.2. The van der Waals surface area contributed by atoms with Crippen molar-refractivity contribution in [3.8, 4) is 5.75 Å². The van der Waals surface area contributed by atoms with Crippen LogP contribution >= 0.6 is 11.8 Å². The molecule has 0 saturated carbocycles. The Morgan fingerprint density at radius 2 is 2.04 bits per heavy atom. The van der Waals surface area contributed by atoms with Gasteiger partial charge in [0.05, 0.1) is 13.0 Å². The van der Waals surface area contributed by atoms with Gasteiger partial charge < -0.3 is 9.64 Å². The highest BCUT2D eigenvalue weighted by molar-refractivity contribution is 7.98. The van der Waals surface area contributed by atoms with Crippen LogP contribution in [0.2, 0.25) is 0 Å². The Morgan fingerprint density at radius 1 is 1.29 bits per heavy atom. The molecule has 0 fully saturated rings. The fourth-order valence-electron chi connectivity index (χ4n) is 2.80. The van der Waals surface area contributed by atoms with Gasteiger partial charge in [0, 0.05) is 24.0 Å². The van der Waals surface area contributed by atoms with E-state index < -0.39 is 5.82 Å². The number of amides is 1. The van der Waals surface area contributed by atoms with Crippen LogP contribution in [0.5, 0.6) is 5.75 Å². The van der Waals surface area contributed by atoms with Crippen molar-refractivity contribution in [3.05, 3.63) is 47.0 Å². The summed E-state index contributed by atoms with van der Waals surface area (Å²) >= 11 is 1.44. The Morgan fingerprint density at radius 3 is 2.75 bits per heavy atom. The summed E-state index contributed by atoms with van der Waals surface area (Å²) in [5, 5.41) is 5.04. The molecule has 0 saturated heterocycles. The SMILES string of the molecule is CSc1nc2nc(C)c(CC(=O)N(C)CCOc3ccccc3F)c(C)n2n1. The highest BCUT2D eigenvalue weighted by Gasteiger charge is 2.18. The molecule has 0 unspecified atom stereocenters. The summed E-state index contributed by atoms with van der Waals surface area (Å²) in [6, 6.07) is 6.20. The van der Waals surface area contributed by atoms with Crippen molar-refractivity contribution < 1.29 is 13.9 Å². The van der Waals surface area contributed by atoms with Crippen molar-refractivity contribution in [1.82, 2.24) is 24.5 Å². The lowest BCUT2D eigenvalue weighted by Crippen LogP contribution is -2.32. The third kappa shape index (κ3) is 4.24. The van der Waals surface area contributed by atoms with Gasteiger partial charge in [0.2, 0.25) is 11.1 Å². The second kappa shape index (κ2) is 8.55. The van der Waals surface area contributed by atoms with Crippen molar-refractivity contribution in [3.63, 3.8) is 0 Å². The van der Waals surface area contributed by atoms with Gasteiger partial charge in [-0.1, -0.05) is 23.9 Å². The third-order valence-electron chi connectivity index (χ3n) is 4.49. The number of rotatable bonds is 7. The van der Waals surface area contributed by atoms with Crippen LogP contribution in [-0.4, -0.2) is 56.8 Å². The van der Waals surface area contributed by atoms with Crippen molar-refractivity contribution in [2.24, 2.45) is 0 Å². The smallest absolute Gasteiger partial charge is 0.253 e. The Balaban J connectivity index is 1.66. The van der Waals surface area contributed by atoms with E-state index in [1.807, 2.05) is 20.1 Å². The molecule has 0 spiro atoms. The second-order valence-electron chi connectivity index (χ2n) is 6.34. The molecule has 1 amide bonds. The molecular formula is C19H22FN5O2S. The molecule has 9 heteroatoms. The van der Waals surface area contributed by atoms with E-state index in [2.05, 4.69) is 15.1 Å². The van der Waals surface area contributed by atoms with Crippen LogP contribution < -0.4 is 4.74 Å². The molecule has 0 aliphatic heterocycles. The molecule has 0 radical (unpaired) electrons. The van der Waals surface area contributed by atoms with Crippen LogP contribution in [0.1, 0.15) is 17.0 Å². The van der Waals surface area contributed by atoms with E-state index in [1.54, 1.807) is 34.7 Å². The number of carbonyl (C=O) groups excluding carboxylic acids is 1. The lowest BCUT2D eigenvalue weighted by atomic mass is 10.1. The van der Waals surface area contributed by atoms with E-state index in [-0.39, 0.29) is 24.7 Å². The van der Waals surface area contributed by atoms with Crippen LogP contribution in [0.3, 0.4) is 0 Å². The molecule has 0 aliphatic carbocycles. The zero-order valence-electron chi connectivity index (χ0n) is 16.3. The minimum atomic E-state index is -0.417. The minimum absolute atomic E-state index is 0.0744. The summed E-state index contributed by atoms with van der Waals surface area (Å²) in [7, 11) is 1.70. The predicted molar refractivity (Wildman–Crippen MR) is 105 cm³/mol. The number of hydrogen-bond donors (Lipinski definition) is 0. The number of likely N-dealkylation sites (N-methyl/N-ethyl adjacent to an activating group) is 1. The number of fused-ring (bicyclic) bond motifs is 1. The van der Waals surface area contributed by atoms with Crippen LogP contribution in [0, 0.1) is 19.7 Å². The minimum Gasteiger partial charge on any atom is -0.489 e. The first-order chi connectivity index (χ1) is 13.4. The van der Waals surface area contributed by atoms with E-state index >= 15 is 0 Å². The standard InChI is InChI=1S/C19H22FN5O2S/c1-12-14(13(2)25-18(21-12)22-19(23-25)28-4)11-17(26)24(3)9-10-27-16-8-6-5-7-15(16)20/h5-8H,9-11H2,1-4H3. The molecule has 3 aromatic rings. The van der Waals surface area contributed by atoms with Gasteiger partial charge in [0.25, 0.3) is 5.78 Å². The lowest BCUT2D eigenvalue weighted by Gasteiger charge is -2.19. The van der Waals surface area contributed by atoms with Crippen molar-refractivity contribution in [1.29, 1.82) is 0 Å². The number of carbonyl (C=O) groups is 1. The summed E-state index contributed by atoms with van der Waals surface area (Å²) in [5.74, 6) is 0.219. The summed E-state index contributed by atoms with van der Waals surface area (Å²) in [4.78, 5) is 23.0. The second-order valence-corrected chi connectivity index (χ2v) is 7.12. The summed E-state index contributed by atoms with van der Waals surface area (Å²) in [6.45, 7) is 4.33. The fourth-order valence-corrected chi connectivity index (χ4v) is 3.13. The fraction of sp³-hybridized carbons (Fsp3) is 0.368. The van der Waals surface area contributed by atoms with E-state index in [1.165, 1.54) is 17.8 Å². The largest absolute Gasteiger partial charge is 0.489 e. The molecule has 0 N–H and O–H groups in total. The number of ether oxygens (including phenoxy) is 1. The Bertz CT molecular complexity index is 1010. The van der Waals surface area contributed by atoms with E-state index in [0.29, 0.717) is 17.5 Å². The van der Waals surface area contributed by atoms with Crippen LogP contribution in [0.4, 0.5) is 4.39 Å². The number of hydrogen-bond acceptors (Lipinski definition) is 6. The molecule has 0 aliphatic rings. The average Bonchev–Trinajstić information content (AvgIpc) is 3.09.